The molecular weight excluding hydrogens is 352 g/mol. The van der Waals surface area contributed by atoms with Crippen LogP contribution in [-0.4, -0.2) is 29.0 Å². The maximum absolute atomic E-state index is 12.7. The summed E-state index contributed by atoms with van der Waals surface area (Å²) in [5.41, 5.74) is 3.09. The highest BCUT2D eigenvalue weighted by Crippen LogP contribution is 2.26. The van der Waals surface area contributed by atoms with Gasteiger partial charge in [-0.3, -0.25) is 4.79 Å². The SMILES string of the molecule is CCOc1ccccc1NC(=O)c1cc(N(CC)c2cccc(C)c2)ncn1. The molecular formula is C22H24N4O2. The monoisotopic (exact) mass is 376 g/mol. The summed E-state index contributed by atoms with van der Waals surface area (Å²) < 4.78 is 5.57. The number of anilines is 3. The largest absolute Gasteiger partial charge is 0.492 e. The number of aryl methyl sites for hydroxylation is 1. The average molecular weight is 376 g/mol. The Kier molecular flexibility index (Phi) is 6.22. The fourth-order valence-electron chi connectivity index (χ4n) is 2.93. The van der Waals surface area contributed by atoms with Gasteiger partial charge in [-0.1, -0.05) is 24.3 Å². The van der Waals surface area contributed by atoms with Crippen molar-refractivity contribution in [1.29, 1.82) is 0 Å². The van der Waals surface area contributed by atoms with E-state index in [1.165, 1.54) is 6.33 Å². The molecule has 0 bridgehead atoms. The molecule has 0 aliphatic carbocycles. The first-order valence-corrected chi connectivity index (χ1v) is 9.31. The molecule has 0 spiro atoms. The number of carbonyl (C=O) groups is 1. The zero-order valence-electron chi connectivity index (χ0n) is 16.3. The van der Waals surface area contributed by atoms with Crippen molar-refractivity contribution in [2.24, 2.45) is 0 Å². The highest BCUT2D eigenvalue weighted by Gasteiger charge is 2.15. The van der Waals surface area contributed by atoms with E-state index in [0.717, 1.165) is 11.3 Å². The number of aromatic nitrogens is 2. The highest BCUT2D eigenvalue weighted by atomic mass is 16.5. The number of nitrogens with one attached hydrogen (secondary N) is 1. The van der Waals surface area contributed by atoms with Crippen LogP contribution in [0, 0.1) is 6.92 Å². The van der Waals surface area contributed by atoms with Gasteiger partial charge in [0.25, 0.3) is 5.91 Å². The number of amides is 1. The second-order valence-electron chi connectivity index (χ2n) is 6.23. The van der Waals surface area contributed by atoms with Crippen LogP contribution in [0.3, 0.4) is 0 Å². The lowest BCUT2D eigenvalue weighted by Gasteiger charge is -2.22. The Morgan fingerprint density at radius 3 is 2.64 bits per heavy atom. The van der Waals surface area contributed by atoms with Gasteiger partial charge in [-0.25, -0.2) is 9.97 Å². The van der Waals surface area contributed by atoms with Gasteiger partial charge in [-0.15, -0.1) is 0 Å². The molecule has 3 aromatic rings. The van der Waals surface area contributed by atoms with E-state index in [4.69, 9.17) is 4.74 Å². The maximum Gasteiger partial charge on any atom is 0.274 e. The molecule has 28 heavy (non-hydrogen) atoms. The van der Waals surface area contributed by atoms with E-state index in [0.29, 0.717) is 36.1 Å². The molecule has 0 radical (unpaired) electrons. The third kappa shape index (κ3) is 4.46. The van der Waals surface area contributed by atoms with Crippen LogP contribution >= 0.6 is 0 Å². The quantitative estimate of drug-likeness (QED) is 0.653. The second kappa shape index (κ2) is 8.99. The summed E-state index contributed by atoms with van der Waals surface area (Å²) in [5, 5.41) is 2.87. The minimum Gasteiger partial charge on any atom is -0.492 e. The summed E-state index contributed by atoms with van der Waals surface area (Å²) in [5.74, 6) is 0.991. The van der Waals surface area contributed by atoms with E-state index < -0.39 is 0 Å². The van der Waals surface area contributed by atoms with Gasteiger partial charge in [0.2, 0.25) is 0 Å². The molecule has 0 fully saturated rings. The van der Waals surface area contributed by atoms with Crippen LogP contribution in [0.1, 0.15) is 29.9 Å². The molecule has 3 rings (SSSR count). The lowest BCUT2D eigenvalue weighted by Crippen LogP contribution is -2.20. The molecule has 0 atom stereocenters. The Morgan fingerprint density at radius 1 is 1.07 bits per heavy atom. The van der Waals surface area contributed by atoms with E-state index in [9.17, 15) is 4.79 Å². The lowest BCUT2D eigenvalue weighted by atomic mass is 10.2. The van der Waals surface area contributed by atoms with Gasteiger partial charge in [0.05, 0.1) is 12.3 Å². The average Bonchev–Trinajstić information content (AvgIpc) is 2.70. The molecule has 6 nitrogen and oxygen atoms in total. The Morgan fingerprint density at radius 2 is 1.89 bits per heavy atom. The topological polar surface area (TPSA) is 67.3 Å². The zero-order valence-corrected chi connectivity index (χ0v) is 16.3. The summed E-state index contributed by atoms with van der Waals surface area (Å²) in [6.45, 7) is 7.23. The van der Waals surface area contributed by atoms with E-state index in [-0.39, 0.29) is 5.91 Å². The number of nitrogens with zero attached hydrogens (tertiary/aromatic N) is 3. The van der Waals surface area contributed by atoms with Crippen molar-refractivity contribution in [2.45, 2.75) is 20.8 Å². The first kappa shape index (κ1) is 19.4. The molecule has 6 heteroatoms. The Bertz CT molecular complexity index is 959. The van der Waals surface area contributed by atoms with Crippen LogP contribution in [-0.2, 0) is 0 Å². The summed E-state index contributed by atoms with van der Waals surface area (Å²) in [6, 6.07) is 17.2. The molecule has 0 saturated carbocycles. The summed E-state index contributed by atoms with van der Waals surface area (Å²) in [7, 11) is 0. The normalized spacial score (nSPS) is 10.4. The van der Waals surface area contributed by atoms with Gasteiger partial charge in [-0.05, 0) is 50.6 Å². The van der Waals surface area contributed by atoms with Crippen molar-refractivity contribution in [3.8, 4) is 5.75 Å². The Labute approximate surface area is 165 Å². The molecule has 0 aliphatic rings. The minimum atomic E-state index is -0.309. The first-order valence-electron chi connectivity index (χ1n) is 9.31. The highest BCUT2D eigenvalue weighted by molar-refractivity contribution is 6.04. The molecule has 1 heterocycles. The number of carbonyl (C=O) groups excluding carboxylic acids is 1. The molecule has 1 amide bonds. The predicted molar refractivity (Wildman–Crippen MR) is 111 cm³/mol. The first-order chi connectivity index (χ1) is 13.6. The number of hydrogen-bond donors (Lipinski definition) is 1. The van der Waals surface area contributed by atoms with Gasteiger partial charge < -0.3 is 15.0 Å². The molecule has 1 N–H and O–H groups in total. The summed E-state index contributed by atoms with van der Waals surface area (Å²) in [6.07, 6.45) is 1.41. The Balaban J connectivity index is 1.85. The van der Waals surface area contributed by atoms with Crippen LogP contribution in [0.5, 0.6) is 5.75 Å². The van der Waals surface area contributed by atoms with Crippen molar-refractivity contribution < 1.29 is 9.53 Å². The van der Waals surface area contributed by atoms with Crippen molar-refractivity contribution in [3.05, 3.63) is 72.2 Å². The van der Waals surface area contributed by atoms with Crippen molar-refractivity contribution >= 4 is 23.1 Å². The third-order valence-corrected chi connectivity index (χ3v) is 4.23. The fourth-order valence-corrected chi connectivity index (χ4v) is 2.93. The van der Waals surface area contributed by atoms with Crippen LogP contribution < -0.4 is 15.0 Å². The molecule has 0 saturated heterocycles. The molecule has 0 unspecified atom stereocenters. The number of rotatable bonds is 7. The van der Waals surface area contributed by atoms with Crippen molar-refractivity contribution in [1.82, 2.24) is 9.97 Å². The summed E-state index contributed by atoms with van der Waals surface area (Å²) in [4.78, 5) is 23.3. The van der Waals surface area contributed by atoms with E-state index in [1.807, 2.05) is 62.1 Å². The molecule has 0 aliphatic heterocycles. The van der Waals surface area contributed by atoms with E-state index >= 15 is 0 Å². The van der Waals surface area contributed by atoms with Crippen molar-refractivity contribution in [3.63, 3.8) is 0 Å². The van der Waals surface area contributed by atoms with Gasteiger partial charge in [-0.2, -0.15) is 0 Å². The fraction of sp³-hybridized carbons (Fsp3) is 0.227. The summed E-state index contributed by atoms with van der Waals surface area (Å²) >= 11 is 0. The zero-order chi connectivity index (χ0) is 19.9. The van der Waals surface area contributed by atoms with Gasteiger partial charge >= 0.3 is 0 Å². The van der Waals surface area contributed by atoms with Crippen LogP contribution in [0.25, 0.3) is 0 Å². The van der Waals surface area contributed by atoms with Gasteiger partial charge in [0.1, 0.15) is 23.6 Å². The minimum absolute atomic E-state index is 0.294. The second-order valence-corrected chi connectivity index (χ2v) is 6.23. The third-order valence-electron chi connectivity index (χ3n) is 4.23. The molecule has 144 valence electrons. The number of hydrogen-bond acceptors (Lipinski definition) is 5. The smallest absolute Gasteiger partial charge is 0.274 e. The Hall–Kier alpha value is -3.41. The number of ether oxygens (including phenoxy) is 1. The number of para-hydroxylation sites is 2. The van der Waals surface area contributed by atoms with Crippen LogP contribution in [0.4, 0.5) is 17.2 Å². The molecule has 2 aromatic carbocycles. The van der Waals surface area contributed by atoms with Crippen LogP contribution in [0.2, 0.25) is 0 Å². The standard InChI is InChI=1S/C22H24N4O2/c1-4-26(17-10-8-9-16(3)13-17)21-14-19(23-15-24-21)22(27)25-18-11-6-7-12-20(18)28-5-2/h6-15H,4-5H2,1-3H3,(H,25,27). The lowest BCUT2D eigenvalue weighted by molar-refractivity contribution is 0.102. The van der Waals surface area contributed by atoms with E-state index in [2.05, 4.69) is 21.4 Å². The molecule has 1 aromatic heterocycles. The van der Waals surface area contributed by atoms with Gasteiger partial charge in [0.15, 0.2) is 0 Å². The maximum atomic E-state index is 12.7. The van der Waals surface area contributed by atoms with Crippen molar-refractivity contribution in [2.75, 3.05) is 23.4 Å². The van der Waals surface area contributed by atoms with E-state index in [1.54, 1.807) is 12.1 Å². The predicted octanol–water partition coefficient (Wildman–Crippen LogP) is 4.59. The van der Waals surface area contributed by atoms with Crippen LogP contribution in [0.15, 0.2) is 60.9 Å². The van der Waals surface area contributed by atoms with Gasteiger partial charge in [0, 0.05) is 18.3 Å². The number of benzene rings is 2.